The molecule has 0 saturated heterocycles. The van der Waals surface area contributed by atoms with Crippen molar-refractivity contribution in [1.29, 1.82) is 0 Å². The van der Waals surface area contributed by atoms with Crippen LogP contribution in [0.1, 0.15) is 44.4 Å². The summed E-state index contributed by atoms with van der Waals surface area (Å²) in [5.41, 5.74) is 5.96. The number of halogens is 2. The molecule has 0 amide bonds. The van der Waals surface area contributed by atoms with Crippen LogP contribution in [0.25, 0.3) is 0 Å². The number of anilines is 1. The van der Waals surface area contributed by atoms with E-state index in [0.717, 1.165) is 0 Å². The molecular weight excluding hydrogens is 212 g/mol. The van der Waals surface area contributed by atoms with Gasteiger partial charge in [0.2, 0.25) is 0 Å². The van der Waals surface area contributed by atoms with Crippen molar-refractivity contribution in [1.82, 2.24) is 9.78 Å². The second kappa shape index (κ2) is 2.41. The SMILES string of the molecule is CC(C)(C)n1nc(N)c2c1C(F)(F)C1CC21. The summed E-state index contributed by atoms with van der Waals surface area (Å²) in [4.78, 5) is 0. The van der Waals surface area contributed by atoms with Gasteiger partial charge in [0.15, 0.2) is 0 Å². The maximum absolute atomic E-state index is 14.1. The Labute approximate surface area is 92.6 Å². The van der Waals surface area contributed by atoms with Crippen molar-refractivity contribution in [2.45, 2.75) is 44.6 Å². The molecule has 0 aliphatic heterocycles. The van der Waals surface area contributed by atoms with Gasteiger partial charge in [-0.05, 0) is 33.1 Å². The van der Waals surface area contributed by atoms with Crippen LogP contribution in [-0.2, 0) is 11.5 Å². The normalized spacial score (nSPS) is 30.1. The molecule has 16 heavy (non-hydrogen) atoms. The van der Waals surface area contributed by atoms with Gasteiger partial charge in [-0.2, -0.15) is 13.9 Å². The standard InChI is InChI=1S/C11H15F2N3/c1-10(2,3)16-8-7(9(14)15-16)5-4-6(5)11(8,12)13/h5-6H,4H2,1-3H3,(H2,14,15). The Bertz CT molecular complexity index is 470. The Morgan fingerprint density at radius 3 is 2.62 bits per heavy atom. The van der Waals surface area contributed by atoms with Gasteiger partial charge < -0.3 is 5.73 Å². The predicted molar refractivity (Wildman–Crippen MR) is 56.4 cm³/mol. The average molecular weight is 227 g/mol. The van der Waals surface area contributed by atoms with Crippen LogP contribution < -0.4 is 5.73 Å². The summed E-state index contributed by atoms with van der Waals surface area (Å²) >= 11 is 0. The first-order chi connectivity index (χ1) is 7.24. The second-order valence-electron chi connectivity index (χ2n) is 5.80. The van der Waals surface area contributed by atoms with Gasteiger partial charge >= 0.3 is 0 Å². The average Bonchev–Trinajstić information content (AvgIpc) is 2.76. The Balaban J connectivity index is 2.26. The number of nitrogen functional groups attached to an aromatic ring is 1. The lowest BCUT2D eigenvalue weighted by Gasteiger charge is -2.25. The van der Waals surface area contributed by atoms with Gasteiger partial charge in [-0.15, -0.1) is 0 Å². The molecule has 0 spiro atoms. The lowest BCUT2D eigenvalue weighted by atomic mass is 10.1. The summed E-state index contributed by atoms with van der Waals surface area (Å²) in [5.74, 6) is -3.05. The Morgan fingerprint density at radius 1 is 1.44 bits per heavy atom. The molecule has 1 aromatic rings. The maximum atomic E-state index is 14.1. The molecule has 0 bridgehead atoms. The third-order valence-electron chi connectivity index (χ3n) is 3.53. The number of alkyl halides is 2. The third-order valence-corrected chi connectivity index (χ3v) is 3.53. The minimum atomic E-state index is -2.75. The monoisotopic (exact) mass is 227 g/mol. The van der Waals surface area contributed by atoms with Crippen LogP contribution in [0.5, 0.6) is 0 Å². The highest BCUT2D eigenvalue weighted by molar-refractivity contribution is 5.55. The predicted octanol–water partition coefficient (Wildman–Crippen LogP) is 2.43. The van der Waals surface area contributed by atoms with Crippen molar-refractivity contribution < 1.29 is 8.78 Å². The van der Waals surface area contributed by atoms with Crippen LogP contribution in [0, 0.1) is 5.92 Å². The Kier molecular flexibility index (Phi) is 1.51. The minimum Gasteiger partial charge on any atom is -0.382 e. The summed E-state index contributed by atoms with van der Waals surface area (Å²) in [7, 11) is 0. The molecule has 2 N–H and O–H groups in total. The first-order valence-electron chi connectivity index (χ1n) is 5.51. The zero-order chi connectivity index (χ0) is 11.9. The lowest BCUT2D eigenvalue weighted by molar-refractivity contribution is -0.0342. The number of nitrogens with two attached hydrogens (primary N) is 1. The molecular formula is C11H15F2N3. The molecule has 3 rings (SSSR count). The van der Waals surface area contributed by atoms with E-state index in [9.17, 15) is 8.78 Å². The van der Waals surface area contributed by atoms with Crippen LogP contribution in [-0.4, -0.2) is 9.78 Å². The number of fused-ring (bicyclic) bond motifs is 3. The topological polar surface area (TPSA) is 43.8 Å². The molecule has 3 nitrogen and oxygen atoms in total. The van der Waals surface area contributed by atoms with Crippen molar-refractivity contribution >= 4 is 5.82 Å². The largest absolute Gasteiger partial charge is 0.382 e. The van der Waals surface area contributed by atoms with Crippen molar-refractivity contribution in [3.63, 3.8) is 0 Å². The summed E-state index contributed by atoms with van der Waals surface area (Å²) in [6.45, 7) is 5.58. The molecule has 1 heterocycles. The third kappa shape index (κ3) is 0.987. The van der Waals surface area contributed by atoms with Crippen molar-refractivity contribution in [3.05, 3.63) is 11.3 Å². The van der Waals surface area contributed by atoms with E-state index in [1.54, 1.807) is 0 Å². The molecule has 1 aromatic heterocycles. The first-order valence-corrected chi connectivity index (χ1v) is 5.51. The minimum absolute atomic E-state index is 0.0544. The van der Waals surface area contributed by atoms with E-state index < -0.39 is 17.4 Å². The smallest absolute Gasteiger partial charge is 0.293 e. The van der Waals surface area contributed by atoms with Crippen LogP contribution in [0.2, 0.25) is 0 Å². The van der Waals surface area contributed by atoms with E-state index in [4.69, 9.17) is 5.73 Å². The Hall–Kier alpha value is -1.13. The summed E-state index contributed by atoms with van der Waals surface area (Å²) in [5, 5.41) is 4.09. The highest BCUT2D eigenvalue weighted by Crippen LogP contribution is 2.68. The van der Waals surface area contributed by atoms with E-state index >= 15 is 0 Å². The number of rotatable bonds is 0. The van der Waals surface area contributed by atoms with Gasteiger partial charge in [0, 0.05) is 11.5 Å². The van der Waals surface area contributed by atoms with Crippen LogP contribution >= 0.6 is 0 Å². The van der Waals surface area contributed by atoms with Gasteiger partial charge in [-0.25, -0.2) is 0 Å². The fourth-order valence-electron chi connectivity index (χ4n) is 2.71. The molecule has 0 aromatic carbocycles. The Morgan fingerprint density at radius 2 is 2.06 bits per heavy atom. The molecule has 2 unspecified atom stereocenters. The van der Waals surface area contributed by atoms with Crippen molar-refractivity contribution in [2.24, 2.45) is 5.92 Å². The molecule has 88 valence electrons. The fourth-order valence-corrected chi connectivity index (χ4v) is 2.71. The zero-order valence-electron chi connectivity index (χ0n) is 9.59. The van der Waals surface area contributed by atoms with E-state index in [1.165, 1.54) is 4.68 Å². The van der Waals surface area contributed by atoms with Gasteiger partial charge in [0.05, 0.1) is 5.54 Å². The van der Waals surface area contributed by atoms with E-state index in [-0.39, 0.29) is 17.4 Å². The fraction of sp³-hybridized carbons (Fsp3) is 0.727. The van der Waals surface area contributed by atoms with Gasteiger partial charge in [0.1, 0.15) is 11.5 Å². The number of nitrogens with zero attached hydrogens (tertiary/aromatic N) is 2. The van der Waals surface area contributed by atoms with E-state index in [1.807, 2.05) is 20.8 Å². The lowest BCUT2D eigenvalue weighted by Crippen LogP contribution is -2.30. The van der Waals surface area contributed by atoms with Gasteiger partial charge in [-0.1, -0.05) is 0 Å². The van der Waals surface area contributed by atoms with Crippen LogP contribution in [0.15, 0.2) is 0 Å². The second-order valence-corrected chi connectivity index (χ2v) is 5.80. The molecule has 2 atom stereocenters. The summed E-state index contributed by atoms with van der Waals surface area (Å²) in [6, 6.07) is 0. The number of hydrogen-bond acceptors (Lipinski definition) is 2. The van der Waals surface area contributed by atoms with Crippen LogP contribution in [0.4, 0.5) is 14.6 Å². The first kappa shape index (κ1) is 10.1. The van der Waals surface area contributed by atoms with E-state index in [2.05, 4.69) is 5.10 Å². The van der Waals surface area contributed by atoms with Crippen molar-refractivity contribution in [2.75, 3.05) is 5.73 Å². The zero-order valence-corrected chi connectivity index (χ0v) is 9.59. The molecule has 5 heteroatoms. The number of hydrogen-bond donors (Lipinski definition) is 1. The molecule has 2 aliphatic carbocycles. The van der Waals surface area contributed by atoms with Gasteiger partial charge in [-0.3, -0.25) is 4.68 Å². The molecule has 0 radical (unpaired) electrons. The molecule has 2 aliphatic rings. The van der Waals surface area contributed by atoms with E-state index in [0.29, 0.717) is 12.0 Å². The van der Waals surface area contributed by atoms with Gasteiger partial charge in [0.25, 0.3) is 5.92 Å². The van der Waals surface area contributed by atoms with Crippen LogP contribution in [0.3, 0.4) is 0 Å². The summed E-state index contributed by atoms with van der Waals surface area (Å²) in [6.07, 6.45) is 0.556. The highest BCUT2D eigenvalue weighted by atomic mass is 19.3. The summed E-state index contributed by atoms with van der Waals surface area (Å²) < 4.78 is 29.5. The quantitative estimate of drug-likeness (QED) is 0.739. The van der Waals surface area contributed by atoms with Crippen molar-refractivity contribution in [3.8, 4) is 0 Å². The maximum Gasteiger partial charge on any atom is 0.293 e. The molecule has 1 fully saturated rings. The highest BCUT2D eigenvalue weighted by Gasteiger charge is 2.67. The molecule has 1 saturated carbocycles. The number of aromatic nitrogens is 2.